The Morgan fingerprint density at radius 2 is 2.03 bits per heavy atom. The van der Waals surface area contributed by atoms with Crippen molar-refractivity contribution in [1.29, 1.82) is 0 Å². The van der Waals surface area contributed by atoms with Gasteiger partial charge in [0.1, 0.15) is 21.7 Å². The molecular weight excluding hydrogens is 432 g/mol. The highest BCUT2D eigenvalue weighted by molar-refractivity contribution is 7.89. The van der Waals surface area contributed by atoms with Crippen molar-refractivity contribution in [2.24, 2.45) is 11.1 Å². The van der Waals surface area contributed by atoms with E-state index in [9.17, 15) is 18.0 Å². The first-order valence-corrected chi connectivity index (χ1v) is 11.9. The number of carbonyl (C=O) groups excluding carboxylic acids is 2. The van der Waals surface area contributed by atoms with Crippen LogP contribution in [0.1, 0.15) is 30.5 Å². The second kappa shape index (κ2) is 7.14. The summed E-state index contributed by atoms with van der Waals surface area (Å²) in [6, 6.07) is 10.5. The minimum Gasteiger partial charge on any atom is -0.454 e. The number of aryl methyl sites for hydroxylation is 1. The third kappa shape index (κ3) is 3.45. The number of hydrogen-bond donors (Lipinski definition) is 3. The summed E-state index contributed by atoms with van der Waals surface area (Å²) in [5.41, 5.74) is 1.28. The van der Waals surface area contributed by atoms with E-state index < -0.39 is 21.6 Å². The average molecular weight is 455 g/mol. The van der Waals surface area contributed by atoms with Gasteiger partial charge in [0.05, 0.1) is 5.69 Å². The van der Waals surface area contributed by atoms with Gasteiger partial charge in [-0.3, -0.25) is 10.1 Å². The van der Waals surface area contributed by atoms with E-state index in [2.05, 4.69) is 15.6 Å². The molecule has 2 aromatic heterocycles. The van der Waals surface area contributed by atoms with Crippen molar-refractivity contribution in [3.63, 3.8) is 0 Å². The minimum atomic E-state index is -4.01. The van der Waals surface area contributed by atoms with Crippen LogP contribution in [-0.4, -0.2) is 30.9 Å². The number of hydrogen-bond acceptors (Lipinski definition) is 6. The van der Waals surface area contributed by atoms with E-state index >= 15 is 0 Å². The van der Waals surface area contributed by atoms with Gasteiger partial charge in [0.15, 0.2) is 5.76 Å². The van der Waals surface area contributed by atoms with Gasteiger partial charge < -0.3 is 9.73 Å². The number of nitrogens with zero attached hydrogens (tertiary/aromatic N) is 1. The predicted molar refractivity (Wildman–Crippen MR) is 116 cm³/mol. The van der Waals surface area contributed by atoms with Crippen LogP contribution in [0.4, 0.5) is 4.79 Å². The number of pyridine rings is 1. The Morgan fingerprint density at radius 1 is 1.25 bits per heavy atom. The maximum Gasteiger partial charge on any atom is 0.322 e. The van der Waals surface area contributed by atoms with E-state index in [1.807, 2.05) is 30.3 Å². The van der Waals surface area contributed by atoms with Crippen molar-refractivity contribution < 1.29 is 22.4 Å². The molecule has 1 spiro atoms. The number of para-hydroxylation sites is 1. The fourth-order valence-electron chi connectivity index (χ4n) is 4.81. The molecule has 1 saturated carbocycles. The second-order valence-corrected chi connectivity index (χ2v) is 10.1. The topological polar surface area (TPSA) is 144 Å². The van der Waals surface area contributed by atoms with Crippen molar-refractivity contribution in [3.05, 3.63) is 47.7 Å². The van der Waals surface area contributed by atoms with E-state index in [1.165, 1.54) is 6.07 Å². The summed E-state index contributed by atoms with van der Waals surface area (Å²) in [6.07, 6.45) is 1.85. The number of furan rings is 1. The summed E-state index contributed by atoms with van der Waals surface area (Å²) >= 11 is 0. The molecule has 9 nitrogen and oxygen atoms in total. The van der Waals surface area contributed by atoms with Gasteiger partial charge in [-0.2, -0.15) is 0 Å². The van der Waals surface area contributed by atoms with Crippen LogP contribution in [0, 0.1) is 12.8 Å². The number of carbonyl (C=O) groups is 2. The molecule has 32 heavy (non-hydrogen) atoms. The Balaban J connectivity index is 1.53. The van der Waals surface area contributed by atoms with Gasteiger partial charge in [-0.05, 0) is 62.3 Å². The molecule has 2 aliphatic rings. The fraction of sp³-hybridized carbons (Fsp3) is 0.318. The highest BCUT2D eigenvalue weighted by atomic mass is 32.2. The summed E-state index contributed by atoms with van der Waals surface area (Å²) in [7, 11) is -4.01. The Morgan fingerprint density at radius 3 is 2.72 bits per heavy atom. The Kier molecular flexibility index (Phi) is 4.61. The number of aromatic nitrogens is 1. The van der Waals surface area contributed by atoms with Crippen molar-refractivity contribution in [2.45, 2.75) is 43.0 Å². The third-order valence-electron chi connectivity index (χ3n) is 6.33. The number of rotatable bonds is 4. The molecule has 1 aliphatic carbocycles. The maximum atomic E-state index is 12.3. The van der Waals surface area contributed by atoms with Gasteiger partial charge in [0, 0.05) is 5.39 Å². The molecule has 5 rings (SSSR count). The number of urea groups is 1. The first-order chi connectivity index (χ1) is 15.1. The lowest BCUT2D eigenvalue weighted by atomic mass is 9.94. The number of benzene rings is 1. The SMILES string of the molecule is Cc1cc(S(N)(=O)=O)c(CC2CCC3(C2)NC(=O)NC3=O)nc1-c1cc2ccccc2o1. The van der Waals surface area contributed by atoms with Crippen LogP contribution in [0.25, 0.3) is 22.4 Å². The molecule has 3 amide bonds. The lowest BCUT2D eigenvalue weighted by Gasteiger charge is -2.20. The molecule has 0 bridgehead atoms. The number of nitrogens with two attached hydrogens (primary N) is 1. The molecule has 0 radical (unpaired) electrons. The molecule has 1 saturated heterocycles. The molecule has 166 valence electrons. The molecular formula is C22H22N4O5S. The first kappa shape index (κ1) is 20.7. The zero-order valence-corrected chi connectivity index (χ0v) is 18.2. The summed E-state index contributed by atoms with van der Waals surface area (Å²) < 4.78 is 30.6. The van der Waals surface area contributed by atoms with E-state index in [0.29, 0.717) is 54.0 Å². The van der Waals surface area contributed by atoms with Crippen LogP contribution in [0.5, 0.6) is 0 Å². The van der Waals surface area contributed by atoms with Crippen molar-refractivity contribution in [3.8, 4) is 11.5 Å². The average Bonchev–Trinajstić information content (AvgIpc) is 3.39. The first-order valence-electron chi connectivity index (χ1n) is 10.3. The second-order valence-electron chi connectivity index (χ2n) is 8.60. The van der Waals surface area contributed by atoms with Crippen molar-refractivity contribution in [2.75, 3.05) is 0 Å². The summed E-state index contributed by atoms with van der Waals surface area (Å²) in [6.45, 7) is 1.76. The molecule has 1 aromatic carbocycles. The highest BCUT2D eigenvalue weighted by Crippen LogP contribution is 2.39. The molecule has 2 atom stereocenters. The molecule has 4 N–H and O–H groups in total. The van der Waals surface area contributed by atoms with Crippen molar-refractivity contribution >= 4 is 32.9 Å². The summed E-state index contributed by atoms with van der Waals surface area (Å²) in [4.78, 5) is 28.5. The zero-order valence-electron chi connectivity index (χ0n) is 17.3. The number of primary sulfonamides is 1. The largest absolute Gasteiger partial charge is 0.454 e. The molecule has 3 aromatic rings. The van der Waals surface area contributed by atoms with Crippen molar-refractivity contribution in [1.82, 2.24) is 15.6 Å². The summed E-state index contributed by atoms with van der Waals surface area (Å²) in [5, 5.41) is 11.4. The minimum absolute atomic E-state index is 0.0317. The summed E-state index contributed by atoms with van der Waals surface area (Å²) in [5.74, 6) is 0.158. The van der Waals surface area contributed by atoms with E-state index in [4.69, 9.17) is 9.56 Å². The molecule has 10 heteroatoms. The lowest BCUT2D eigenvalue weighted by molar-refractivity contribution is -0.123. The normalized spacial score (nSPS) is 23.1. The fourth-order valence-corrected chi connectivity index (χ4v) is 5.61. The Bertz CT molecular complexity index is 1350. The predicted octanol–water partition coefficient (Wildman–Crippen LogP) is 2.37. The van der Waals surface area contributed by atoms with Gasteiger partial charge in [0.2, 0.25) is 10.0 Å². The van der Waals surface area contributed by atoms with Crippen LogP contribution in [0.3, 0.4) is 0 Å². The monoisotopic (exact) mass is 454 g/mol. The van der Waals surface area contributed by atoms with E-state index in [-0.39, 0.29) is 16.7 Å². The number of imide groups is 1. The van der Waals surface area contributed by atoms with Gasteiger partial charge in [-0.15, -0.1) is 0 Å². The lowest BCUT2D eigenvalue weighted by Crippen LogP contribution is -2.44. The number of nitrogens with one attached hydrogen (secondary N) is 2. The van der Waals surface area contributed by atoms with Crippen LogP contribution in [0.2, 0.25) is 0 Å². The van der Waals surface area contributed by atoms with Gasteiger partial charge >= 0.3 is 6.03 Å². The maximum absolute atomic E-state index is 12.3. The molecule has 3 heterocycles. The third-order valence-corrected chi connectivity index (χ3v) is 7.30. The Hall–Kier alpha value is -3.24. The van der Waals surface area contributed by atoms with Crippen LogP contribution >= 0.6 is 0 Å². The van der Waals surface area contributed by atoms with E-state index in [0.717, 1.165) is 5.39 Å². The van der Waals surface area contributed by atoms with E-state index in [1.54, 1.807) is 6.92 Å². The van der Waals surface area contributed by atoms with Gasteiger partial charge in [0.25, 0.3) is 5.91 Å². The molecule has 2 fully saturated rings. The van der Waals surface area contributed by atoms with Crippen LogP contribution in [0.15, 0.2) is 45.7 Å². The quantitative estimate of drug-likeness (QED) is 0.516. The standard InChI is InChI=1S/C22H22N4O5S/c1-12-8-18(32(23,29)30)15(9-13-6-7-22(11-13)20(27)25-21(28)26-22)24-19(12)17-10-14-4-2-3-5-16(14)31-17/h2-5,8,10,13H,6-7,9,11H2,1H3,(H2,23,29,30)(H2,25,26,27,28). The van der Waals surface area contributed by atoms with Gasteiger partial charge in [-0.1, -0.05) is 18.2 Å². The van der Waals surface area contributed by atoms with Gasteiger partial charge in [-0.25, -0.2) is 23.3 Å². The highest BCUT2D eigenvalue weighted by Gasteiger charge is 2.51. The Labute approximate surface area is 184 Å². The van der Waals surface area contributed by atoms with Crippen LogP contribution < -0.4 is 15.8 Å². The van der Waals surface area contributed by atoms with Crippen LogP contribution in [-0.2, 0) is 21.2 Å². The number of fused-ring (bicyclic) bond motifs is 1. The number of sulfonamides is 1. The zero-order chi connectivity index (χ0) is 22.7. The molecule has 1 aliphatic heterocycles. The molecule has 2 unspecified atom stereocenters. The number of amides is 3. The smallest absolute Gasteiger partial charge is 0.322 e.